The Bertz CT molecular complexity index is 314. The average molecular weight is 173 g/mol. The largest absolute Gasteiger partial charge is 0.450 e. The van der Waals surface area contributed by atoms with Crippen LogP contribution < -0.4 is 11.1 Å². The highest BCUT2D eigenvalue weighted by molar-refractivity contribution is 5.81. The van der Waals surface area contributed by atoms with Gasteiger partial charge in [-0.2, -0.15) is 0 Å². The van der Waals surface area contributed by atoms with Gasteiger partial charge in [0.1, 0.15) is 0 Å². The highest BCUT2D eigenvalue weighted by atomic mass is 16.5. The summed E-state index contributed by atoms with van der Waals surface area (Å²) in [4.78, 5) is 23.2. The second kappa shape index (κ2) is 3.56. The van der Waals surface area contributed by atoms with Crippen molar-refractivity contribution in [1.82, 2.24) is 10.1 Å². The zero-order valence-electron chi connectivity index (χ0n) is 6.29. The van der Waals surface area contributed by atoms with E-state index in [1.165, 1.54) is 0 Å². The number of ether oxygens (including phenoxy) is 1. The van der Waals surface area contributed by atoms with Crippen molar-refractivity contribution in [1.29, 1.82) is 0 Å². The van der Waals surface area contributed by atoms with E-state index in [1.54, 1.807) is 6.92 Å². The minimum absolute atomic E-state index is 0.0709. The van der Waals surface area contributed by atoms with Gasteiger partial charge in [-0.05, 0) is 12.1 Å². The first-order valence-corrected chi connectivity index (χ1v) is 3.22. The van der Waals surface area contributed by atoms with Gasteiger partial charge in [0.15, 0.2) is 0 Å². The molecular weight excluding hydrogens is 166 g/mol. The van der Waals surface area contributed by atoms with Crippen LogP contribution >= 0.6 is 0 Å². The maximum absolute atomic E-state index is 10.7. The van der Waals surface area contributed by atoms with Gasteiger partial charge in [-0.25, -0.2) is 9.59 Å². The molecule has 0 bridgehead atoms. The van der Waals surface area contributed by atoms with Gasteiger partial charge in [0.05, 0.1) is 6.61 Å². The summed E-state index contributed by atoms with van der Waals surface area (Å²) in [6, 6.07) is 0. The standard InChI is InChI=1S/C5H7N3O4/c1-2-11-4(9)6-3-7-5(10)12-8-3/h2H2,1H3,(H2,6,7,8,9,10). The quantitative estimate of drug-likeness (QED) is 0.652. The minimum Gasteiger partial charge on any atom is -0.450 e. The number of hydrogen-bond acceptors (Lipinski definition) is 5. The van der Waals surface area contributed by atoms with Crippen LogP contribution in [0.1, 0.15) is 6.92 Å². The normalized spacial score (nSPS) is 9.42. The van der Waals surface area contributed by atoms with Crippen LogP contribution in [0.5, 0.6) is 0 Å². The summed E-state index contributed by atoms with van der Waals surface area (Å²) in [5.41, 5.74) is 0. The molecular formula is C5H7N3O4. The second-order valence-corrected chi connectivity index (χ2v) is 1.79. The summed E-state index contributed by atoms with van der Waals surface area (Å²) in [7, 11) is 0. The van der Waals surface area contributed by atoms with Crippen LogP contribution in [0.2, 0.25) is 0 Å². The number of nitrogens with one attached hydrogen (secondary N) is 2. The summed E-state index contributed by atoms with van der Waals surface area (Å²) < 4.78 is 8.61. The number of carbonyl (C=O) groups excluding carboxylic acids is 1. The Balaban J connectivity index is 2.52. The number of aromatic amines is 1. The smallest absolute Gasteiger partial charge is 0.440 e. The first kappa shape index (κ1) is 8.31. The molecule has 1 rings (SSSR count). The van der Waals surface area contributed by atoms with E-state index < -0.39 is 11.8 Å². The second-order valence-electron chi connectivity index (χ2n) is 1.79. The molecule has 7 nitrogen and oxygen atoms in total. The Morgan fingerprint density at radius 2 is 2.58 bits per heavy atom. The molecule has 12 heavy (non-hydrogen) atoms. The van der Waals surface area contributed by atoms with Crippen LogP contribution in [-0.4, -0.2) is 22.8 Å². The topological polar surface area (TPSA) is 97.2 Å². The zero-order chi connectivity index (χ0) is 8.97. The lowest BCUT2D eigenvalue weighted by molar-refractivity contribution is 0.167. The van der Waals surface area contributed by atoms with Gasteiger partial charge < -0.3 is 4.74 Å². The Hall–Kier alpha value is -1.79. The van der Waals surface area contributed by atoms with Crippen LogP contribution in [0.25, 0.3) is 0 Å². The van der Waals surface area contributed by atoms with E-state index in [-0.39, 0.29) is 12.6 Å². The van der Waals surface area contributed by atoms with Crippen molar-refractivity contribution in [3.05, 3.63) is 10.6 Å². The van der Waals surface area contributed by atoms with E-state index in [2.05, 4.69) is 24.7 Å². The van der Waals surface area contributed by atoms with Gasteiger partial charge in [-0.1, -0.05) is 0 Å². The first-order chi connectivity index (χ1) is 5.72. The molecule has 0 aliphatic rings. The number of H-pyrrole nitrogens is 1. The number of nitrogens with zero attached hydrogens (tertiary/aromatic N) is 1. The molecule has 0 unspecified atom stereocenters. The van der Waals surface area contributed by atoms with E-state index in [0.29, 0.717) is 0 Å². The van der Waals surface area contributed by atoms with Gasteiger partial charge >= 0.3 is 11.8 Å². The van der Waals surface area contributed by atoms with Gasteiger partial charge in [-0.15, -0.1) is 0 Å². The maximum Gasteiger partial charge on any atom is 0.440 e. The number of anilines is 1. The molecule has 0 aromatic carbocycles. The minimum atomic E-state index is -0.734. The summed E-state index contributed by atoms with van der Waals surface area (Å²) in [6.07, 6.45) is -0.693. The van der Waals surface area contributed by atoms with E-state index >= 15 is 0 Å². The number of carbonyl (C=O) groups is 1. The van der Waals surface area contributed by atoms with E-state index in [0.717, 1.165) is 0 Å². The van der Waals surface area contributed by atoms with Gasteiger partial charge in [0.25, 0.3) is 5.95 Å². The zero-order valence-corrected chi connectivity index (χ0v) is 6.29. The molecule has 0 aliphatic carbocycles. The lowest BCUT2D eigenvalue weighted by atomic mass is 10.8. The highest BCUT2D eigenvalue weighted by Gasteiger charge is 2.05. The Labute approximate surface area is 66.7 Å². The van der Waals surface area contributed by atoms with E-state index in [4.69, 9.17) is 0 Å². The van der Waals surface area contributed by atoms with Crippen LogP contribution in [0.4, 0.5) is 10.7 Å². The fourth-order valence-electron chi connectivity index (χ4n) is 0.547. The Morgan fingerprint density at radius 1 is 1.83 bits per heavy atom. The molecule has 1 amide bonds. The monoisotopic (exact) mass is 173 g/mol. The molecule has 0 saturated carbocycles. The van der Waals surface area contributed by atoms with Crippen molar-refractivity contribution in [3.8, 4) is 0 Å². The molecule has 7 heteroatoms. The molecule has 0 aliphatic heterocycles. The summed E-state index contributed by atoms with van der Waals surface area (Å²) in [5, 5.41) is 5.33. The van der Waals surface area contributed by atoms with Crippen molar-refractivity contribution in [2.45, 2.75) is 6.92 Å². The molecule has 0 saturated heterocycles. The fraction of sp³-hybridized carbons (Fsp3) is 0.400. The predicted octanol–water partition coefficient (Wildman–Crippen LogP) is -0.0687. The molecule has 0 atom stereocenters. The highest BCUT2D eigenvalue weighted by Crippen LogP contribution is 1.92. The predicted molar refractivity (Wildman–Crippen MR) is 37.8 cm³/mol. The summed E-state index contributed by atoms with van der Waals surface area (Å²) in [6.45, 7) is 1.90. The van der Waals surface area contributed by atoms with Crippen LogP contribution in [0, 0.1) is 0 Å². The SMILES string of the molecule is CCOC(=O)Nc1noc(=O)[nH]1. The van der Waals surface area contributed by atoms with Crippen molar-refractivity contribution in [2.75, 3.05) is 11.9 Å². The lowest BCUT2D eigenvalue weighted by Gasteiger charge is -1.98. The molecule has 2 N–H and O–H groups in total. The maximum atomic E-state index is 10.7. The van der Waals surface area contributed by atoms with Gasteiger partial charge in [0, 0.05) is 0 Å². The van der Waals surface area contributed by atoms with Crippen molar-refractivity contribution >= 4 is 12.0 Å². The third kappa shape index (κ3) is 2.11. The van der Waals surface area contributed by atoms with Crippen molar-refractivity contribution in [2.24, 2.45) is 0 Å². The average Bonchev–Trinajstić information content (AvgIpc) is 2.36. The van der Waals surface area contributed by atoms with Gasteiger partial charge in [0.2, 0.25) is 0 Å². The molecule has 66 valence electrons. The molecule has 0 radical (unpaired) electrons. The molecule has 0 spiro atoms. The molecule has 1 aromatic rings. The first-order valence-electron chi connectivity index (χ1n) is 3.22. The Kier molecular flexibility index (Phi) is 2.46. The van der Waals surface area contributed by atoms with E-state index in [1.807, 2.05) is 0 Å². The number of aromatic nitrogens is 2. The number of amides is 1. The van der Waals surface area contributed by atoms with Crippen LogP contribution in [-0.2, 0) is 4.74 Å². The number of rotatable bonds is 2. The Morgan fingerprint density at radius 3 is 3.08 bits per heavy atom. The summed E-state index contributed by atoms with van der Waals surface area (Å²) >= 11 is 0. The van der Waals surface area contributed by atoms with E-state index in [9.17, 15) is 9.59 Å². The third-order valence-electron chi connectivity index (χ3n) is 0.936. The van der Waals surface area contributed by atoms with Crippen molar-refractivity contribution in [3.63, 3.8) is 0 Å². The molecule has 1 heterocycles. The molecule has 1 aromatic heterocycles. The number of hydrogen-bond donors (Lipinski definition) is 2. The van der Waals surface area contributed by atoms with Crippen molar-refractivity contribution < 1.29 is 14.1 Å². The fourth-order valence-corrected chi connectivity index (χ4v) is 0.547. The van der Waals surface area contributed by atoms with Gasteiger partial charge in [-0.3, -0.25) is 14.8 Å². The van der Waals surface area contributed by atoms with Crippen LogP contribution in [0.15, 0.2) is 9.32 Å². The van der Waals surface area contributed by atoms with Crippen LogP contribution in [0.3, 0.4) is 0 Å². The molecule has 0 fully saturated rings. The lowest BCUT2D eigenvalue weighted by Crippen LogP contribution is -2.14. The summed E-state index contributed by atoms with van der Waals surface area (Å²) in [5.74, 6) is -0.805. The third-order valence-corrected chi connectivity index (χ3v) is 0.936.